The molecule has 8 unspecified atom stereocenters. The number of fused-ring (bicyclic) bond motifs is 4. The predicted molar refractivity (Wildman–Crippen MR) is 139 cm³/mol. The molecule has 12 atom stereocenters. The SMILES string of the molecule is CC[C@H]1CN2CCC3CC(OC)C(OC)CC3[C@@H]2C[C@@H]1C[C@H]1NCCC2CC(OC)C(OC)CC21. The Bertz CT molecular complexity index is 677. The zero-order chi connectivity index (χ0) is 24.5. The first-order valence-corrected chi connectivity index (χ1v) is 14.7. The molecule has 3 aliphatic heterocycles. The average Bonchev–Trinajstić information content (AvgIpc) is 2.91. The molecule has 0 radical (unpaired) electrons. The van der Waals surface area contributed by atoms with Crippen LogP contribution in [0.2, 0.25) is 0 Å². The molecule has 1 N–H and O–H groups in total. The molecule has 5 rings (SSSR count). The lowest BCUT2D eigenvalue weighted by Gasteiger charge is -2.56. The van der Waals surface area contributed by atoms with E-state index in [-0.39, 0.29) is 24.4 Å². The molecular formula is C29H52N2O4. The normalized spacial score (nSPS) is 48.6. The van der Waals surface area contributed by atoms with Crippen molar-refractivity contribution in [1.82, 2.24) is 10.2 Å². The van der Waals surface area contributed by atoms with Gasteiger partial charge in [0.25, 0.3) is 0 Å². The Hall–Kier alpha value is -0.240. The van der Waals surface area contributed by atoms with Crippen LogP contribution < -0.4 is 5.32 Å². The highest BCUT2D eigenvalue weighted by atomic mass is 16.5. The van der Waals surface area contributed by atoms with Crippen LogP contribution in [0.25, 0.3) is 0 Å². The maximum absolute atomic E-state index is 5.94. The molecule has 0 amide bonds. The van der Waals surface area contributed by atoms with Gasteiger partial charge in [0.05, 0.1) is 24.4 Å². The third kappa shape index (κ3) is 5.22. The van der Waals surface area contributed by atoms with Crippen molar-refractivity contribution in [2.45, 2.75) is 101 Å². The molecule has 202 valence electrons. The number of hydrogen-bond donors (Lipinski definition) is 1. The molecule has 0 aromatic rings. The number of piperidine rings is 3. The summed E-state index contributed by atoms with van der Waals surface area (Å²) in [4.78, 5) is 2.88. The van der Waals surface area contributed by atoms with Gasteiger partial charge in [-0.25, -0.2) is 0 Å². The zero-order valence-electron chi connectivity index (χ0n) is 23.0. The number of methoxy groups -OCH3 is 4. The molecule has 3 saturated heterocycles. The van der Waals surface area contributed by atoms with Crippen LogP contribution in [-0.4, -0.2) is 89.5 Å². The summed E-state index contributed by atoms with van der Waals surface area (Å²) in [6.07, 6.45) is 12.3. The number of rotatable bonds is 7. The number of nitrogens with zero attached hydrogens (tertiary/aromatic N) is 1. The van der Waals surface area contributed by atoms with E-state index < -0.39 is 0 Å². The maximum atomic E-state index is 5.94. The first-order chi connectivity index (χ1) is 17.1. The molecule has 0 bridgehead atoms. The molecule has 2 aliphatic carbocycles. The van der Waals surface area contributed by atoms with Gasteiger partial charge >= 0.3 is 0 Å². The Labute approximate surface area is 214 Å². The second-order valence-corrected chi connectivity index (χ2v) is 12.5. The summed E-state index contributed by atoms with van der Waals surface area (Å²) < 4.78 is 23.5. The molecule has 3 heterocycles. The quantitative estimate of drug-likeness (QED) is 0.580. The minimum Gasteiger partial charge on any atom is -0.379 e. The third-order valence-electron chi connectivity index (χ3n) is 11.3. The van der Waals surface area contributed by atoms with Crippen LogP contribution in [0.1, 0.15) is 64.7 Å². The molecule has 0 spiro atoms. The van der Waals surface area contributed by atoms with Crippen LogP contribution in [0, 0.1) is 35.5 Å². The van der Waals surface area contributed by atoms with E-state index in [0.717, 1.165) is 54.5 Å². The van der Waals surface area contributed by atoms with Crippen molar-refractivity contribution in [1.29, 1.82) is 0 Å². The monoisotopic (exact) mass is 492 g/mol. The minimum atomic E-state index is 0.244. The van der Waals surface area contributed by atoms with E-state index in [9.17, 15) is 0 Å². The molecule has 35 heavy (non-hydrogen) atoms. The summed E-state index contributed by atoms with van der Waals surface area (Å²) in [6, 6.07) is 1.36. The largest absolute Gasteiger partial charge is 0.379 e. The van der Waals surface area contributed by atoms with Gasteiger partial charge in [0, 0.05) is 47.1 Å². The van der Waals surface area contributed by atoms with Crippen LogP contribution in [0.5, 0.6) is 0 Å². The zero-order valence-corrected chi connectivity index (χ0v) is 23.0. The second-order valence-electron chi connectivity index (χ2n) is 12.5. The summed E-state index contributed by atoms with van der Waals surface area (Å²) in [6.45, 7) is 6.17. The molecular weight excluding hydrogens is 440 g/mol. The Morgan fingerprint density at radius 1 is 0.714 bits per heavy atom. The fourth-order valence-electron chi connectivity index (χ4n) is 9.31. The molecule has 5 aliphatic rings. The van der Waals surface area contributed by atoms with Gasteiger partial charge in [-0.1, -0.05) is 13.3 Å². The smallest absolute Gasteiger partial charge is 0.0836 e. The maximum Gasteiger partial charge on any atom is 0.0836 e. The van der Waals surface area contributed by atoms with Crippen molar-refractivity contribution >= 4 is 0 Å². The molecule has 0 aromatic carbocycles. The van der Waals surface area contributed by atoms with Gasteiger partial charge in [-0.15, -0.1) is 0 Å². The van der Waals surface area contributed by atoms with Gasteiger partial charge < -0.3 is 24.3 Å². The number of nitrogens with one attached hydrogen (secondary N) is 1. The van der Waals surface area contributed by atoms with Crippen molar-refractivity contribution < 1.29 is 18.9 Å². The summed E-state index contributed by atoms with van der Waals surface area (Å²) in [5.41, 5.74) is 0. The van der Waals surface area contributed by atoms with E-state index in [1.807, 2.05) is 28.4 Å². The van der Waals surface area contributed by atoms with Crippen LogP contribution in [0.15, 0.2) is 0 Å². The first-order valence-electron chi connectivity index (χ1n) is 14.7. The Morgan fingerprint density at radius 2 is 1.31 bits per heavy atom. The molecule has 6 heteroatoms. The highest BCUT2D eigenvalue weighted by Crippen LogP contribution is 2.48. The van der Waals surface area contributed by atoms with Gasteiger partial charge in [0.15, 0.2) is 0 Å². The second kappa shape index (κ2) is 11.7. The van der Waals surface area contributed by atoms with Gasteiger partial charge in [0.2, 0.25) is 0 Å². The predicted octanol–water partition coefficient (Wildman–Crippen LogP) is 3.97. The lowest BCUT2D eigenvalue weighted by Crippen LogP contribution is -2.60. The Balaban J connectivity index is 1.29. The molecule has 2 saturated carbocycles. The average molecular weight is 493 g/mol. The van der Waals surface area contributed by atoms with Crippen molar-refractivity contribution in [2.24, 2.45) is 35.5 Å². The van der Waals surface area contributed by atoms with E-state index >= 15 is 0 Å². The van der Waals surface area contributed by atoms with Crippen LogP contribution in [-0.2, 0) is 18.9 Å². The van der Waals surface area contributed by atoms with E-state index in [0.29, 0.717) is 6.04 Å². The van der Waals surface area contributed by atoms with E-state index in [2.05, 4.69) is 17.1 Å². The number of hydrogen-bond acceptors (Lipinski definition) is 6. The highest BCUT2D eigenvalue weighted by molar-refractivity contribution is 5.03. The van der Waals surface area contributed by atoms with Crippen LogP contribution >= 0.6 is 0 Å². The fraction of sp³-hybridized carbons (Fsp3) is 1.00. The molecule has 6 nitrogen and oxygen atoms in total. The van der Waals surface area contributed by atoms with E-state index in [1.54, 1.807) is 0 Å². The van der Waals surface area contributed by atoms with Crippen molar-refractivity contribution in [3.8, 4) is 0 Å². The summed E-state index contributed by atoms with van der Waals surface area (Å²) in [5.74, 6) is 4.72. The van der Waals surface area contributed by atoms with Crippen molar-refractivity contribution in [3.05, 3.63) is 0 Å². The molecule has 5 fully saturated rings. The van der Waals surface area contributed by atoms with Gasteiger partial charge in [-0.05, 0) is 100.0 Å². The van der Waals surface area contributed by atoms with Crippen molar-refractivity contribution in [3.63, 3.8) is 0 Å². The molecule has 0 aromatic heterocycles. The number of ether oxygens (including phenoxy) is 4. The first kappa shape index (κ1) is 26.4. The summed E-state index contributed by atoms with van der Waals surface area (Å²) in [7, 11) is 7.48. The summed E-state index contributed by atoms with van der Waals surface area (Å²) in [5, 5.41) is 4.00. The Morgan fingerprint density at radius 3 is 1.94 bits per heavy atom. The van der Waals surface area contributed by atoms with Gasteiger partial charge in [0.1, 0.15) is 0 Å². The van der Waals surface area contributed by atoms with Crippen LogP contribution in [0.3, 0.4) is 0 Å². The fourth-order valence-corrected chi connectivity index (χ4v) is 9.31. The topological polar surface area (TPSA) is 52.2 Å². The van der Waals surface area contributed by atoms with Gasteiger partial charge in [-0.3, -0.25) is 4.90 Å². The van der Waals surface area contributed by atoms with Crippen LogP contribution in [0.4, 0.5) is 0 Å². The lowest BCUT2D eigenvalue weighted by atomic mass is 9.62. The third-order valence-corrected chi connectivity index (χ3v) is 11.3. The standard InChI is InChI=1S/C29H52N2O4/c1-6-18-17-31-10-8-20-14-27(33-3)29(35-5)16-23(20)25(31)12-21(18)11-24-22-15-28(34-4)26(32-2)13-19(22)7-9-30-24/h18-30H,6-17H2,1-5H3/t18-,19?,20?,21-,22?,23?,24+,25-,26?,27?,28?,29?/m0/s1. The highest BCUT2D eigenvalue weighted by Gasteiger charge is 2.50. The van der Waals surface area contributed by atoms with Crippen molar-refractivity contribution in [2.75, 3.05) is 48.1 Å². The Kier molecular flexibility index (Phi) is 8.78. The summed E-state index contributed by atoms with van der Waals surface area (Å²) >= 11 is 0. The van der Waals surface area contributed by atoms with E-state index in [1.165, 1.54) is 64.5 Å². The minimum absolute atomic E-state index is 0.244. The van der Waals surface area contributed by atoms with Gasteiger partial charge in [-0.2, -0.15) is 0 Å². The van der Waals surface area contributed by atoms with E-state index in [4.69, 9.17) is 18.9 Å². The lowest BCUT2D eigenvalue weighted by molar-refractivity contribution is -0.127.